The van der Waals surface area contributed by atoms with Crippen molar-refractivity contribution in [3.05, 3.63) is 33.8 Å². The molecule has 0 aromatic carbocycles. The number of aromatic nitrogens is 2. The van der Waals surface area contributed by atoms with E-state index in [9.17, 15) is 0 Å². The van der Waals surface area contributed by atoms with Crippen LogP contribution >= 0.6 is 11.3 Å². The van der Waals surface area contributed by atoms with Gasteiger partial charge in [-0.15, -0.1) is 11.3 Å². The first-order valence-corrected chi connectivity index (χ1v) is 8.04. The van der Waals surface area contributed by atoms with Gasteiger partial charge in [0.15, 0.2) is 0 Å². The van der Waals surface area contributed by atoms with E-state index in [2.05, 4.69) is 52.8 Å². The number of nitrogens with zero attached hydrogens (tertiary/aromatic N) is 2. The highest BCUT2D eigenvalue weighted by Gasteiger charge is 2.10. The van der Waals surface area contributed by atoms with Crippen LogP contribution in [0, 0.1) is 0 Å². The van der Waals surface area contributed by atoms with Crippen LogP contribution in [-0.4, -0.2) is 16.5 Å². The summed E-state index contributed by atoms with van der Waals surface area (Å²) in [4.78, 5) is 10.1. The van der Waals surface area contributed by atoms with E-state index in [1.165, 1.54) is 10.4 Å². The zero-order chi connectivity index (χ0) is 14.4. The second-order valence-corrected chi connectivity index (χ2v) is 5.51. The molecule has 4 nitrogen and oxygen atoms in total. The van der Waals surface area contributed by atoms with Gasteiger partial charge in [0.2, 0.25) is 0 Å². The normalized spacial score (nSPS) is 10.6. The fourth-order valence-electron chi connectivity index (χ4n) is 2.22. The lowest BCUT2D eigenvalue weighted by molar-refractivity contribution is 0.997. The number of thiophene rings is 1. The van der Waals surface area contributed by atoms with Crippen LogP contribution in [0.25, 0.3) is 0 Å². The van der Waals surface area contributed by atoms with Crippen molar-refractivity contribution in [3.63, 3.8) is 0 Å². The molecule has 0 aliphatic carbocycles. The third-order valence-corrected chi connectivity index (χ3v) is 4.24. The average Bonchev–Trinajstić information content (AvgIpc) is 2.93. The van der Waals surface area contributed by atoms with Crippen molar-refractivity contribution in [1.29, 1.82) is 0 Å². The summed E-state index contributed by atoms with van der Waals surface area (Å²) in [5.41, 5.74) is 2.57. The van der Waals surface area contributed by atoms with Crippen LogP contribution in [0.2, 0.25) is 0 Å². The summed E-state index contributed by atoms with van der Waals surface area (Å²) in [5.74, 6) is 1.88. The van der Waals surface area contributed by atoms with Gasteiger partial charge in [-0.1, -0.05) is 13.8 Å². The summed E-state index contributed by atoms with van der Waals surface area (Å²) in [6, 6.07) is 2.20. The van der Waals surface area contributed by atoms with Gasteiger partial charge in [-0.3, -0.25) is 0 Å². The van der Waals surface area contributed by atoms with Crippen molar-refractivity contribution >= 4 is 23.0 Å². The number of nitrogens with one attached hydrogen (secondary N) is 2. The summed E-state index contributed by atoms with van der Waals surface area (Å²) in [7, 11) is 0. The number of rotatable bonds is 7. The largest absolute Gasteiger partial charge is 0.370 e. The van der Waals surface area contributed by atoms with E-state index in [0.717, 1.165) is 43.1 Å². The molecule has 2 aromatic heterocycles. The molecular formula is C15H22N4S. The van der Waals surface area contributed by atoms with E-state index in [0.29, 0.717) is 0 Å². The fourth-order valence-corrected chi connectivity index (χ4v) is 3.14. The quantitative estimate of drug-likeness (QED) is 0.816. The molecule has 2 heterocycles. The second kappa shape index (κ2) is 7.24. The summed E-state index contributed by atoms with van der Waals surface area (Å²) in [5, 5.41) is 8.91. The Balaban J connectivity index is 2.15. The molecule has 0 fully saturated rings. The van der Waals surface area contributed by atoms with Crippen LogP contribution in [0.15, 0.2) is 17.8 Å². The van der Waals surface area contributed by atoms with Crippen LogP contribution in [0.1, 0.15) is 36.8 Å². The molecule has 0 amide bonds. The van der Waals surface area contributed by atoms with Gasteiger partial charge >= 0.3 is 0 Å². The minimum Gasteiger partial charge on any atom is -0.370 e. The predicted octanol–water partition coefficient (Wildman–Crippen LogP) is 3.71. The van der Waals surface area contributed by atoms with Gasteiger partial charge in [0, 0.05) is 17.0 Å². The predicted molar refractivity (Wildman–Crippen MR) is 86.6 cm³/mol. The molecule has 0 unspecified atom stereocenters. The van der Waals surface area contributed by atoms with E-state index in [1.54, 1.807) is 17.7 Å². The molecule has 2 rings (SSSR count). The molecule has 20 heavy (non-hydrogen) atoms. The van der Waals surface area contributed by atoms with Crippen molar-refractivity contribution < 1.29 is 0 Å². The average molecular weight is 290 g/mol. The lowest BCUT2D eigenvalue weighted by Gasteiger charge is -2.13. The highest BCUT2D eigenvalue weighted by Crippen LogP contribution is 2.23. The summed E-state index contributed by atoms with van der Waals surface area (Å²) in [6.07, 6.45) is 3.61. The van der Waals surface area contributed by atoms with E-state index in [4.69, 9.17) is 0 Å². The monoisotopic (exact) mass is 290 g/mol. The van der Waals surface area contributed by atoms with Gasteiger partial charge in [-0.25, -0.2) is 9.97 Å². The zero-order valence-corrected chi connectivity index (χ0v) is 13.2. The molecular weight excluding hydrogens is 268 g/mol. The first-order chi connectivity index (χ1) is 9.80. The first kappa shape index (κ1) is 14.8. The molecule has 108 valence electrons. The van der Waals surface area contributed by atoms with Crippen LogP contribution in [0.4, 0.5) is 11.6 Å². The van der Waals surface area contributed by atoms with E-state index < -0.39 is 0 Å². The van der Waals surface area contributed by atoms with Crippen molar-refractivity contribution in [2.45, 2.75) is 40.2 Å². The Bertz CT molecular complexity index is 551. The van der Waals surface area contributed by atoms with E-state index >= 15 is 0 Å². The highest BCUT2D eigenvalue weighted by atomic mass is 32.1. The Kier molecular flexibility index (Phi) is 5.35. The van der Waals surface area contributed by atoms with Crippen LogP contribution in [0.3, 0.4) is 0 Å². The first-order valence-electron chi connectivity index (χ1n) is 7.16. The highest BCUT2D eigenvalue weighted by molar-refractivity contribution is 7.10. The van der Waals surface area contributed by atoms with Gasteiger partial charge in [0.05, 0.1) is 6.54 Å². The smallest absolute Gasteiger partial charge is 0.135 e. The molecule has 0 aliphatic rings. The Hall–Kier alpha value is -1.62. The van der Waals surface area contributed by atoms with Gasteiger partial charge < -0.3 is 10.6 Å². The van der Waals surface area contributed by atoms with Gasteiger partial charge in [-0.2, -0.15) is 0 Å². The molecule has 0 saturated heterocycles. The molecule has 0 aliphatic heterocycles. The third-order valence-electron chi connectivity index (χ3n) is 3.28. The number of anilines is 2. The van der Waals surface area contributed by atoms with Gasteiger partial charge in [-0.05, 0) is 36.8 Å². The number of aryl methyl sites for hydroxylation is 1. The molecule has 2 N–H and O–H groups in total. The van der Waals surface area contributed by atoms with Crippen LogP contribution < -0.4 is 10.6 Å². The maximum Gasteiger partial charge on any atom is 0.135 e. The fraction of sp³-hybridized carbons (Fsp3) is 0.467. The van der Waals surface area contributed by atoms with Crippen molar-refractivity contribution in [3.8, 4) is 0 Å². The topological polar surface area (TPSA) is 49.8 Å². The Morgan fingerprint density at radius 1 is 1.05 bits per heavy atom. The van der Waals surface area contributed by atoms with E-state index in [-0.39, 0.29) is 0 Å². The molecule has 0 spiro atoms. The van der Waals surface area contributed by atoms with E-state index in [1.807, 2.05) is 0 Å². The maximum absolute atomic E-state index is 4.39. The SMILES string of the molecule is CCNc1ncnc(NCc2sccc2CC)c1CC. The lowest BCUT2D eigenvalue weighted by Crippen LogP contribution is -2.09. The summed E-state index contributed by atoms with van der Waals surface area (Å²) < 4.78 is 0. The summed E-state index contributed by atoms with van der Waals surface area (Å²) in [6.45, 7) is 8.10. The van der Waals surface area contributed by atoms with Crippen molar-refractivity contribution in [1.82, 2.24) is 9.97 Å². The minimum absolute atomic E-state index is 0.830. The van der Waals surface area contributed by atoms with Crippen LogP contribution in [0.5, 0.6) is 0 Å². The van der Waals surface area contributed by atoms with Crippen molar-refractivity contribution in [2.24, 2.45) is 0 Å². The van der Waals surface area contributed by atoms with Crippen molar-refractivity contribution in [2.75, 3.05) is 17.2 Å². The minimum atomic E-state index is 0.830. The summed E-state index contributed by atoms with van der Waals surface area (Å²) >= 11 is 1.80. The van der Waals surface area contributed by atoms with Gasteiger partial charge in [0.25, 0.3) is 0 Å². The number of hydrogen-bond donors (Lipinski definition) is 2. The lowest BCUT2D eigenvalue weighted by atomic mass is 10.2. The Labute approximate surface area is 124 Å². The molecule has 0 bridgehead atoms. The Morgan fingerprint density at radius 3 is 2.45 bits per heavy atom. The van der Waals surface area contributed by atoms with Crippen LogP contribution in [-0.2, 0) is 19.4 Å². The zero-order valence-electron chi connectivity index (χ0n) is 12.4. The number of hydrogen-bond acceptors (Lipinski definition) is 5. The molecule has 2 aromatic rings. The maximum atomic E-state index is 4.39. The molecule has 0 radical (unpaired) electrons. The standard InChI is InChI=1S/C15H22N4S/c1-4-11-7-8-20-13(11)9-17-15-12(5-2)14(16-6-3)18-10-19-15/h7-8,10H,4-6,9H2,1-3H3,(H2,16,17,18,19). The Morgan fingerprint density at radius 2 is 1.80 bits per heavy atom. The second-order valence-electron chi connectivity index (χ2n) is 4.51. The third kappa shape index (κ3) is 3.28. The molecule has 0 saturated carbocycles. The molecule has 0 atom stereocenters. The van der Waals surface area contributed by atoms with Gasteiger partial charge in [0.1, 0.15) is 18.0 Å². The molecule has 5 heteroatoms.